The van der Waals surface area contributed by atoms with Crippen molar-refractivity contribution in [3.05, 3.63) is 47.5 Å². The minimum Gasteiger partial charge on any atom is -0.490 e. The van der Waals surface area contributed by atoms with Crippen molar-refractivity contribution in [1.82, 2.24) is 0 Å². The largest absolute Gasteiger partial charge is 0.490 e. The van der Waals surface area contributed by atoms with Gasteiger partial charge in [-0.15, -0.1) is 0 Å². The van der Waals surface area contributed by atoms with Crippen LogP contribution in [0.1, 0.15) is 11.1 Å². The maximum atomic E-state index is 5.68. The second-order valence-corrected chi connectivity index (χ2v) is 4.79. The smallest absolute Gasteiger partial charge is 0.143 e. The highest BCUT2D eigenvalue weighted by Gasteiger charge is 2.10. The van der Waals surface area contributed by atoms with Crippen molar-refractivity contribution < 1.29 is 4.74 Å². The van der Waals surface area contributed by atoms with Crippen LogP contribution in [-0.2, 0) is 0 Å². The number of fused-ring (bicyclic) bond motifs is 1. The van der Waals surface area contributed by atoms with Crippen LogP contribution in [0.4, 0.5) is 5.69 Å². The molecule has 0 amide bonds. The van der Waals surface area contributed by atoms with Crippen LogP contribution < -0.4 is 10.1 Å². The second-order valence-electron chi connectivity index (χ2n) is 4.79. The zero-order valence-corrected chi connectivity index (χ0v) is 10.8. The first kappa shape index (κ1) is 11.1. The number of hydrogen-bond donors (Lipinski definition) is 1. The van der Waals surface area contributed by atoms with Gasteiger partial charge in [0.15, 0.2) is 0 Å². The van der Waals surface area contributed by atoms with Crippen LogP contribution in [0.15, 0.2) is 36.4 Å². The Hall–Kier alpha value is -1.96. The molecule has 1 N–H and O–H groups in total. The molecule has 2 aromatic carbocycles. The summed E-state index contributed by atoms with van der Waals surface area (Å²) in [4.78, 5) is 0. The predicted molar refractivity (Wildman–Crippen MR) is 75.3 cm³/mol. The van der Waals surface area contributed by atoms with Gasteiger partial charge < -0.3 is 10.1 Å². The minimum absolute atomic E-state index is 0.739. The molecule has 0 saturated carbocycles. The fourth-order valence-corrected chi connectivity index (χ4v) is 2.24. The number of hydrogen-bond acceptors (Lipinski definition) is 2. The summed E-state index contributed by atoms with van der Waals surface area (Å²) in [7, 11) is 0. The summed E-state index contributed by atoms with van der Waals surface area (Å²) in [6.45, 7) is 5.91. The molecule has 0 fully saturated rings. The van der Waals surface area contributed by atoms with E-state index in [1.165, 1.54) is 22.3 Å². The molecule has 0 atom stereocenters. The summed E-state index contributed by atoms with van der Waals surface area (Å²) in [6, 6.07) is 12.9. The lowest BCUT2D eigenvalue weighted by atomic mass is 10.00. The highest BCUT2D eigenvalue weighted by molar-refractivity contribution is 5.72. The van der Waals surface area contributed by atoms with E-state index >= 15 is 0 Å². The molecule has 0 aliphatic carbocycles. The number of aryl methyl sites for hydroxylation is 2. The van der Waals surface area contributed by atoms with E-state index in [0.29, 0.717) is 0 Å². The van der Waals surface area contributed by atoms with Crippen molar-refractivity contribution in [1.29, 1.82) is 0 Å². The van der Waals surface area contributed by atoms with Gasteiger partial charge in [0.05, 0.1) is 5.69 Å². The van der Waals surface area contributed by atoms with Gasteiger partial charge in [-0.1, -0.05) is 24.3 Å². The van der Waals surface area contributed by atoms with Crippen molar-refractivity contribution in [3.63, 3.8) is 0 Å². The van der Waals surface area contributed by atoms with E-state index in [1.807, 2.05) is 0 Å². The molecular weight excluding hydrogens is 222 g/mol. The Bertz CT molecular complexity index is 590. The number of ether oxygens (including phenoxy) is 1. The summed E-state index contributed by atoms with van der Waals surface area (Å²) < 4.78 is 5.68. The van der Waals surface area contributed by atoms with Gasteiger partial charge in [0.2, 0.25) is 0 Å². The van der Waals surface area contributed by atoms with E-state index in [1.54, 1.807) is 0 Å². The summed E-state index contributed by atoms with van der Waals surface area (Å²) in [5.41, 5.74) is 6.20. The number of benzene rings is 2. The van der Waals surface area contributed by atoms with Crippen molar-refractivity contribution in [2.75, 3.05) is 18.5 Å². The average molecular weight is 239 g/mol. The lowest BCUT2D eigenvalue weighted by Gasteiger charge is -2.19. The third-order valence-corrected chi connectivity index (χ3v) is 3.50. The van der Waals surface area contributed by atoms with Crippen molar-refractivity contribution in [3.8, 4) is 16.9 Å². The van der Waals surface area contributed by atoms with Gasteiger partial charge >= 0.3 is 0 Å². The molecule has 0 aromatic heterocycles. The average Bonchev–Trinajstić information content (AvgIpc) is 2.41. The maximum Gasteiger partial charge on any atom is 0.143 e. The van der Waals surface area contributed by atoms with Gasteiger partial charge in [0, 0.05) is 6.54 Å². The molecule has 1 heterocycles. The highest BCUT2D eigenvalue weighted by atomic mass is 16.5. The van der Waals surface area contributed by atoms with Crippen LogP contribution in [0.5, 0.6) is 5.75 Å². The lowest BCUT2D eigenvalue weighted by molar-refractivity contribution is 0.323. The Morgan fingerprint density at radius 2 is 1.72 bits per heavy atom. The molecule has 1 aliphatic heterocycles. The van der Waals surface area contributed by atoms with Crippen LogP contribution in [0.3, 0.4) is 0 Å². The van der Waals surface area contributed by atoms with E-state index in [4.69, 9.17) is 4.74 Å². The van der Waals surface area contributed by atoms with Crippen molar-refractivity contribution in [2.24, 2.45) is 0 Å². The van der Waals surface area contributed by atoms with Gasteiger partial charge in [-0.05, 0) is 48.2 Å². The Morgan fingerprint density at radius 1 is 0.944 bits per heavy atom. The molecule has 18 heavy (non-hydrogen) atoms. The molecule has 2 heteroatoms. The van der Waals surface area contributed by atoms with Crippen LogP contribution in [0.2, 0.25) is 0 Å². The molecule has 0 bridgehead atoms. The van der Waals surface area contributed by atoms with Gasteiger partial charge in [-0.3, -0.25) is 0 Å². The summed E-state index contributed by atoms with van der Waals surface area (Å²) in [5.74, 6) is 0.956. The zero-order chi connectivity index (χ0) is 12.5. The van der Waals surface area contributed by atoms with Gasteiger partial charge in [0.1, 0.15) is 12.4 Å². The fourth-order valence-electron chi connectivity index (χ4n) is 2.24. The summed E-state index contributed by atoms with van der Waals surface area (Å²) in [5, 5.41) is 3.34. The van der Waals surface area contributed by atoms with Gasteiger partial charge in [-0.2, -0.15) is 0 Å². The molecule has 0 unspecified atom stereocenters. The minimum atomic E-state index is 0.739. The second kappa shape index (κ2) is 4.37. The number of nitrogens with one attached hydrogen (secondary N) is 1. The molecule has 92 valence electrons. The molecule has 2 aromatic rings. The SMILES string of the molecule is Cc1ccc(-c2ccc3c(c2)OCCN3)cc1C. The summed E-state index contributed by atoms with van der Waals surface area (Å²) >= 11 is 0. The van der Waals surface area contributed by atoms with Crippen LogP contribution >= 0.6 is 0 Å². The van der Waals surface area contributed by atoms with Crippen molar-refractivity contribution in [2.45, 2.75) is 13.8 Å². The first-order valence-electron chi connectivity index (χ1n) is 6.32. The summed E-state index contributed by atoms with van der Waals surface area (Å²) in [6.07, 6.45) is 0. The first-order chi connectivity index (χ1) is 8.74. The Kier molecular flexibility index (Phi) is 2.71. The molecule has 0 spiro atoms. The Balaban J connectivity index is 2.03. The predicted octanol–water partition coefficient (Wildman–Crippen LogP) is 3.77. The number of rotatable bonds is 1. The van der Waals surface area contributed by atoms with Crippen molar-refractivity contribution >= 4 is 5.69 Å². The lowest BCUT2D eigenvalue weighted by Crippen LogP contribution is -2.17. The van der Waals surface area contributed by atoms with E-state index in [0.717, 1.165) is 24.6 Å². The van der Waals surface area contributed by atoms with Crippen LogP contribution in [0, 0.1) is 13.8 Å². The normalized spacial score (nSPS) is 13.4. The van der Waals surface area contributed by atoms with Gasteiger partial charge in [0.25, 0.3) is 0 Å². The van der Waals surface area contributed by atoms with E-state index in [-0.39, 0.29) is 0 Å². The molecule has 0 radical (unpaired) electrons. The zero-order valence-electron chi connectivity index (χ0n) is 10.8. The van der Waals surface area contributed by atoms with E-state index in [9.17, 15) is 0 Å². The third-order valence-electron chi connectivity index (χ3n) is 3.50. The topological polar surface area (TPSA) is 21.3 Å². The number of anilines is 1. The Morgan fingerprint density at radius 3 is 2.56 bits per heavy atom. The third kappa shape index (κ3) is 1.94. The Labute approximate surface area is 108 Å². The fraction of sp³-hybridized carbons (Fsp3) is 0.250. The van der Waals surface area contributed by atoms with Gasteiger partial charge in [-0.25, -0.2) is 0 Å². The molecule has 3 rings (SSSR count). The highest BCUT2D eigenvalue weighted by Crippen LogP contribution is 2.33. The van der Waals surface area contributed by atoms with Crippen LogP contribution in [-0.4, -0.2) is 13.2 Å². The monoisotopic (exact) mass is 239 g/mol. The van der Waals surface area contributed by atoms with E-state index in [2.05, 4.69) is 55.6 Å². The maximum absolute atomic E-state index is 5.68. The molecule has 2 nitrogen and oxygen atoms in total. The molecule has 0 saturated heterocycles. The molecular formula is C16H17NO. The standard InChI is InChI=1S/C16H17NO/c1-11-3-4-13(9-12(11)2)14-5-6-15-16(10-14)18-8-7-17-15/h3-6,9-10,17H,7-8H2,1-2H3. The van der Waals surface area contributed by atoms with Crippen LogP contribution in [0.25, 0.3) is 11.1 Å². The first-order valence-corrected chi connectivity index (χ1v) is 6.32. The quantitative estimate of drug-likeness (QED) is 0.817. The molecule has 1 aliphatic rings. The van der Waals surface area contributed by atoms with E-state index < -0.39 is 0 Å².